The molecule has 2 saturated heterocycles. The summed E-state index contributed by atoms with van der Waals surface area (Å²) >= 11 is 0. The molecule has 2 aliphatic heterocycles. The molecule has 0 saturated carbocycles. The Bertz CT molecular complexity index is 883. The van der Waals surface area contributed by atoms with Gasteiger partial charge in [0.2, 0.25) is 15.9 Å². The Kier molecular flexibility index (Phi) is 5.20. The fourth-order valence-corrected chi connectivity index (χ4v) is 5.42. The average Bonchev–Trinajstić information content (AvgIpc) is 3.12. The molecule has 6 nitrogen and oxygen atoms in total. The molecule has 2 fully saturated rings. The van der Waals surface area contributed by atoms with E-state index in [9.17, 15) is 31.2 Å². The zero-order valence-corrected chi connectivity index (χ0v) is 16.3. The molecule has 28 heavy (non-hydrogen) atoms. The van der Waals surface area contributed by atoms with Crippen LogP contribution in [0.3, 0.4) is 0 Å². The Morgan fingerprint density at radius 1 is 1.21 bits per heavy atom. The van der Waals surface area contributed by atoms with Crippen molar-refractivity contribution in [3.05, 3.63) is 35.4 Å². The number of hydrogen-bond donors (Lipinski definition) is 0. The molecule has 3 atom stereocenters. The lowest BCUT2D eigenvalue weighted by Gasteiger charge is -2.27. The number of alkyl halides is 3. The SMILES string of the molecule is CCC[C@H]1C(=O)N(S(C)(=O)=O)[C@H]2CCN(C(=O)c3ccc(C(F)(F)F)cc3)[C@H]12. The minimum absolute atomic E-state index is 0.0779. The number of carbonyl (C=O) groups excluding carboxylic acids is 2. The Morgan fingerprint density at radius 2 is 1.82 bits per heavy atom. The second-order valence-corrected chi connectivity index (χ2v) is 9.07. The van der Waals surface area contributed by atoms with Crippen LogP contribution in [0.5, 0.6) is 0 Å². The summed E-state index contributed by atoms with van der Waals surface area (Å²) in [5.41, 5.74) is -0.777. The topological polar surface area (TPSA) is 74.8 Å². The predicted octanol–water partition coefficient (Wildman–Crippen LogP) is 2.51. The van der Waals surface area contributed by atoms with E-state index in [4.69, 9.17) is 0 Å². The van der Waals surface area contributed by atoms with Crippen molar-refractivity contribution in [3.8, 4) is 0 Å². The molecule has 0 aliphatic carbocycles. The maximum absolute atomic E-state index is 12.9. The van der Waals surface area contributed by atoms with Gasteiger partial charge in [0.15, 0.2) is 0 Å². The number of amides is 2. The molecule has 2 heterocycles. The molecule has 0 aromatic heterocycles. The van der Waals surface area contributed by atoms with E-state index in [1.807, 2.05) is 6.92 Å². The summed E-state index contributed by atoms with van der Waals surface area (Å²) in [6.45, 7) is 2.11. The van der Waals surface area contributed by atoms with Crippen LogP contribution >= 0.6 is 0 Å². The normalized spacial score (nSPS) is 25.3. The monoisotopic (exact) mass is 418 g/mol. The number of likely N-dealkylation sites (tertiary alicyclic amines) is 1. The Balaban J connectivity index is 1.91. The Labute approximate surface area is 161 Å². The molecule has 154 valence electrons. The summed E-state index contributed by atoms with van der Waals surface area (Å²) in [5, 5.41) is 0. The van der Waals surface area contributed by atoms with Gasteiger partial charge in [-0.1, -0.05) is 13.3 Å². The molecule has 1 aromatic rings. The van der Waals surface area contributed by atoms with Gasteiger partial charge in [-0.3, -0.25) is 9.59 Å². The van der Waals surface area contributed by atoms with Crippen molar-refractivity contribution in [2.24, 2.45) is 5.92 Å². The van der Waals surface area contributed by atoms with E-state index in [1.165, 1.54) is 4.90 Å². The summed E-state index contributed by atoms with van der Waals surface area (Å²) in [4.78, 5) is 27.1. The van der Waals surface area contributed by atoms with Gasteiger partial charge in [-0.25, -0.2) is 12.7 Å². The van der Waals surface area contributed by atoms with Crippen molar-refractivity contribution in [1.29, 1.82) is 0 Å². The number of carbonyl (C=O) groups is 2. The van der Waals surface area contributed by atoms with Crippen molar-refractivity contribution in [3.63, 3.8) is 0 Å². The van der Waals surface area contributed by atoms with Crippen LogP contribution in [0.4, 0.5) is 13.2 Å². The minimum Gasteiger partial charge on any atom is -0.333 e. The third-order valence-corrected chi connectivity index (χ3v) is 6.51. The fourth-order valence-electron chi connectivity index (χ4n) is 4.23. The summed E-state index contributed by atoms with van der Waals surface area (Å²) in [6.07, 6.45) is -2.14. The van der Waals surface area contributed by atoms with Gasteiger partial charge >= 0.3 is 6.18 Å². The van der Waals surface area contributed by atoms with E-state index in [2.05, 4.69) is 0 Å². The summed E-state index contributed by atoms with van der Waals surface area (Å²) in [7, 11) is -3.77. The molecule has 0 unspecified atom stereocenters. The standard InChI is InChI=1S/C18H21F3N2O4S/c1-3-4-13-15-14(23(17(13)25)28(2,26)27)9-10-22(15)16(24)11-5-7-12(8-6-11)18(19,20)21/h5-8,13-15H,3-4,9-10H2,1-2H3/t13-,14+,15-/m1/s1. The van der Waals surface area contributed by atoms with Crippen LogP contribution in [-0.2, 0) is 21.0 Å². The lowest BCUT2D eigenvalue weighted by molar-refractivity contribution is -0.137. The van der Waals surface area contributed by atoms with E-state index >= 15 is 0 Å². The summed E-state index contributed by atoms with van der Waals surface area (Å²) in [5.74, 6) is -1.64. The van der Waals surface area contributed by atoms with Gasteiger partial charge < -0.3 is 4.90 Å². The molecular weight excluding hydrogens is 397 g/mol. The number of halogens is 3. The molecule has 0 N–H and O–H groups in total. The van der Waals surface area contributed by atoms with Crippen molar-refractivity contribution >= 4 is 21.8 Å². The van der Waals surface area contributed by atoms with Crippen LogP contribution < -0.4 is 0 Å². The maximum Gasteiger partial charge on any atom is 0.416 e. The molecule has 0 radical (unpaired) electrons. The quantitative estimate of drug-likeness (QED) is 0.753. The highest BCUT2D eigenvalue weighted by Gasteiger charge is 2.57. The van der Waals surface area contributed by atoms with Crippen molar-refractivity contribution < 1.29 is 31.2 Å². The highest BCUT2D eigenvalue weighted by Crippen LogP contribution is 2.40. The fraction of sp³-hybridized carbons (Fsp3) is 0.556. The first-order valence-corrected chi connectivity index (χ1v) is 10.8. The number of fused-ring (bicyclic) bond motifs is 1. The lowest BCUT2D eigenvalue weighted by atomic mass is 9.94. The van der Waals surface area contributed by atoms with Gasteiger partial charge in [-0.2, -0.15) is 13.2 Å². The van der Waals surface area contributed by atoms with Crippen LogP contribution in [0.1, 0.15) is 42.1 Å². The second kappa shape index (κ2) is 7.06. The van der Waals surface area contributed by atoms with Gasteiger partial charge in [0.25, 0.3) is 5.91 Å². The molecule has 0 spiro atoms. The van der Waals surface area contributed by atoms with Gasteiger partial charge in [-0.15, -0.1) is 0 Å². The van der Waals surface area contributed by atoms with E-state index in [0.29, 0.717) is 19.3 Å². The van der Waals surface area contributed by atoms with Gasteiger partial charge in [0.05, 0.1) is 29.8 Å². The number of benzene rings is 1. The van der Waals surface area contributed by atoms with E-state index in [0.717, 1.165) is 34.8 Å². The van der Waals surface area contributed by atoms with E-state index in [1.54, 1.807) is 0 Å². The third kappa shape index (κ3) is 3.49. The van der Waals surface area contributed by atoms with Crippen LogP contribution in [0.15, 0.2) is 24.3 Å². The van der Waals surface area contributed by atoms with Gasteiger partial charge in [-0.05, 0) is 37.1 Å². The smallest absolute Gasteiger partial charge is 0.333 e. The number of hydrogen-bond acceptors (Lipinski definition) is 4. The highest BCUT2D eigenvalue weighted by molar-refractivity contribution is 7.88. The van der Waals surface area contributed by atoms with E-state index in [-0.39, 0.29) is 12.1 Å². The lowest BCUT2D eigenvalue weighted by Crippen LogP contribution is -2.43. The number of rotatable bonds is 4. The Hall–Kier alpha value is -2.10. The van der Waals surface area contributed by atoms with Crippen LogP contribution in [-0.4, -0.2) is 54.3 Å². The summed E-state index contributed by atoms with van der Waals surface area (Å²) in [6, 6.07) is 2.67. The first-order chi connectivity index (χ1) is 13.0. The minimum atomic E-state index is -4.50. The molecule has 10 heteroatoms. The zero-order chi connectivity index (χ0) is 20.9. The Morgan fingerprint density at radius 3 is 2.32 bits per heavy atom. The first-order valence-electron chi connectivity index (χ1n) is 8.98. The van der Waals surface area contributed by atoms with Gasteiger partial charge in [0.1, 0.15) is 0 Å². The predicted molar refractivity (Wildman–Crippen MR) is 94.8 cm³/mol. The number of sulfonamides is 1. The second-order valence-electron chi connectivity index (χ2n) is 7.21. The van der Waals surface area contributed by atoms with Gasteiger partial charge in [0, 0.05) is 12.1 Å². The third-order valence-electron chi connectivity index (χ3n) is 5.34. The van der Waals surface area contributed by atoms with Crippen LogP contribution in [0.2, 0.25) is 0 Å². The van der Waals surface area contributed by atoms with E-state index < -0.39 is 51.6 Å². The molecular formula is C18H21F3N2O4S. The van der Waals surface area contributed by atoms with Crippen LogP contribution in [0.25, 0.3) is 0 Å². The number of nitrogens with zero attached hydrogens (tertiary/aromatic N) is 2. The molecule has 1 aromatic carbocycles. The molecule has 0 bridgehead atoms. The largest absolute Gasteiger partial charge is 0.416 e. The molecule has 2 aliphatic rings. The van der Waals surface area contributed by atoms with Crippen molar-refractivity contribution in [1.82, 2.24) is 9.21 Å². The zero-order valence-electron chi connectivity index (χ0n) is 15.4. The maximum atomic E-state index is 12.9. The first kappa shape index (κ1) is 20.6. The van der Waals surface area contributed by atoms with Crippen LogP contribution in [0, 0.1) is 5.92 Å². The summed E-state index contributed by atoms with van der Waals surface area (Å²) < 4.78 is 63.3. The van der Waals surface area contributed by atoms with Crippen molar-refractivity contribution in [2.75, 3.05) is 12.8 Å². The molecule has 3 rings (SSSR count). The molecule has 2 amide bonds. The van der Waals surface area contributed by atoms with Crippen molar-refractivity contribution in [2.45, 2.75) is 44.4 Å². The highest BCUT2D eigenvalue weighted by atomic mass is 32.2. The average molecular weight is 418 g/mol.